The van der Waals surface area contributed by atoms with Crippen molar-refractivity contribution in [2.75, 3.05) is 19.8 Å². The Hall–Kier alpha value is -1.22. The average Bonchev–Trinajstić information content (AvgIpc) is 2.48. The van der Waals surface area contributed by atoms with E-state index >= 15 is 0 Å². The van der Waals surface area contributed by atoms with Gasteiger partial charge in [-0.1, -0.05) is 13.0 Å². The fourth-order valence-electron chi connectivity index (χ4n) is 3.30. The molecule has 0 spiro atoms. The van der Waals surface area contributed by atoms with Gasteiger partial charge in [-0.25, -0.2) is 0 Å². The summed E-state index contributed by atoms with van der Waals surface area (Å²) in [6, 6.07) is 6.37. The van der Waals surface area contributed by atoms with Crippen LogP contribution in [0.5, 0.6) is 11.5 Å². The number of fused-ring (bicyclic) bond motifs is 1. The van der Waals surface area contributed by atoms with Crippen molar-refractivity contribution in [3.05, 3.63) is 23.8 Å². The molecule has 0 amide bonds. The maximum absolute atomic E-state index is 6.12. The molecule has 1 aromatic carbocycles. The first-order valence-electron chi connectivity index (χ1n) is 7.34. The van der Waals surface area contributed by atoms with Gasteiger partial charge < -0.3 is 15.2 Å². The van der Waals surface area contributed by atoms with Gasteiger partial charge in [-0.15, -0.1) is 0 Å². The van der Waals surface area contributed by atoms with E-state index in [0.717, 1.165) is 24.0 Å². The smallest absolute Gasteiger partial charge is 0.161 e. The zero-order chi connectivity index (χ0) is 13.3. The lowest BCUT2D eigenvalue weighted by atomic mass is 9.67. The van der Waals surface area contributed by atoms with Crippen LogP contribution in [0.4, 0.5) is 0 Å². The zero-order valence-corrected chi connectivity index (χ0v) is 11.7. The molecule has 19 heavy (non-hydrogen) atoms. The van der Waals surface area contributed by atoms with Crippen molar-refractivity contribution in [1.82, 2.24) is 0 Å². The van der Waals surface area contributed by atoms with E-state index in [2.05, 4.69) is 19.1 Å². The summed E-state index contributed by atoms with van der Waals surface area (Å²) in [5.74, 6) is 2.58. The topological polar surface area (TPSA) is 44.5 Å². The third-order valence-corrected chi connectivity index (χ3v) is 4.78. The third kappa shape index (κ3) is 2.32. The van der Waals surface area contributed by atoms with Crippen molar-refractivity contribution in [2.45, 2.75) is 38.0 Å². The van der Waals surface area contributed by atoms with Crippen LogP contribution in [0.25, 0.3) is 0 Å². The number of benzene rings is 1. The van der Waals surface area contributed by atoms with Gasteiger partial charge in [0.25, 0.3) is 0 Å². The lowest BCUT2D eigenvalue weighted by Crippen LogP contribution is -2.38. The molecule has 3 rings (SSSR count). The van der Waals surface area contributed by atoms with Crippen LogP contribution in [0.15, 0.2) is 18.2 Å². The van der Waals surface area contributed by atoms with E-state index in [1.807, 2.05) is 6.07 Å². The largest absolute Gasteiger partial charge is 0.486 e. The van der Waals surface area contributed by atoms with Gasteiger partial charge in [0.05, 0.1) is 0 Å². The van der Waals surface area contributed by atoms with Gasteiger partial charge >= 0.3 is 0 Å². The lowest BCUT2D eigenvalue weighted by Gasteiger charge is -2.39. The van der Waals surface area contributed by atoms with Crippen molar-refractivity contribution < 1.29 is 9.47 Å². The van der Waals surface area contributed by atoms with E-state index in [0.29, 0.717) is 13.2 Å². The van der Waals surface area contributed by atoms with Gasteiger partial charge in [0, 0.05) is 12.0 Å². The highest BCUT2D eigenvalue weighted by Crippen LogP contribution is 2.43. The van der Waals surface area contributed by atoms with Crippen LogP contribution in [0.3, 0.4) is 0 Å². The normalized spacial score (nSPS) is 30.1. The van der Waals surface area contributed by atoms with Crippen LogP contribution in [0.2, 0.25) is 0 Å². The summed E-state index contributed by atoms with van der Waals surface area (Å²) < 4.78 is 11.3. The van der Waals surface area contributed by atoms with E-state index in [1.165, 1.54) is 31.2 Å². The predicted octanol–water partition coefficient (Wildman–Crippen LogP) is 2.86. The Morgan fingerprint density at radius 1 is 1.16 bits per heavy atom. The molecular weight excluding hydrogens is 238 g/mol. The standard InChI is InChI=1S/C16H23NO2/c1-12-4-6-16(11-17,7-5-12)13-2-3-14-15(10-13)19-9-8-18-14/h2-3,10,12H,4-9,11,17H2,1H3. The average molecular weight is 261 g/mol. The van der Waals surface area contributed by atoms with Gasteiger partial charge in [0.15, 0.2) is 11.5 Å². The maximum Gasteiger partial charge on any atom is 0.161 e. The van der Waals surface area contributed by atoms with Gasteiger partial charge in [0.2, 0.25) is 0 Å². The van der Waals surface area contributed by atoms with E-state index in [4.69, 9.17) is 15.2 Å². The van der Waals surface area contributed by atoms with Crippen molar-refractivity contribution in [2.24, 2.45) is 11.7 Å². The predicted molar refractivity (Wildman–Crippen MR) is 75.8 cm³/mol. The molecule has 2 aliphatic rings. The van der Waals surface area contributed by atoms with Gasteiger partial charge in [-0.2, -0.15) is 0 Å². The highest BCUT2D eigenvalue weighted by Gasteiger charge is 2.35. The summed E-state index contributed by atoms with van der Waals surface area (Å²) in [5, 5.41) is 0. The molecule has 0 unspecified atom stereocenters. The van der Waals surface area contributed by atoms with Crippen molar-refractivity contribution >= 4 is 0 Å². The molecule has 1 aliphatic carbocycles. The van der Waals surface area contributed by atoms with Gasteiger partial charge in [-0.05, 0) is 49.3 Å². The second-order valence-electron chi connectivity index (χ2n) is 6.03. The minimum atomic E-state index is 0.141. The highest BCUT2D eigenvalue weighted by molar-refractivity contribution is 5.46. The van der Waals surface area contributed by atoms with E-state index in [-0.39, 0.29) is 5.41 Å². The second kappa shape index (κ2) is 5.04. The van der Waals surface area contributed by atoms with Crippen LogP contribution in [-0.4, -0.2) is 19.8 Å². The molecule has 3 nitrogen and oxygen atoms in total. The summed E-state index contributed by atoms with van der Waals surface area (Å²) in [5.41, 5.74) is 7.59. The molecule has 1 aromatic rings. The Morgan fingerprint density at radius 3 is 2.53 bits per heavy atom. The first kappa shape index (κ1) is 12.8. The van der Waals surface area contributed by atoms with Crippen LogP contribution in [0.1, 0.15) is 38.2 Å². The number of hydrogen-bond acceptors (Lipinski definition) is 3. The summed E-state index contributed by atoms with van der Waals surface area (Å²) in [6.45, 7) is 4.35. The van der Waals surface area contributed by atoms with Crippen LogP contribution < -0.4 is 15.2 Å². The molecule has 1 heterocycles. The Labute approximate surface area is 115 Å². The molecule has 0 saturated heterocycles. The van der Waals surface area contributed by atoms with Crippen molar-refractivity contribution in [3.63, 3.8) is 0 Å². The van der Waals surface area contributed by atoms with Crippen molar-refractivity contribution in [3.8, 4) is 11.5 Å². The monoisotopic (exact) mass is 261 g/mol. The molecule has 1 aliphatic heterocycles. The number of hydrogen-bond donors (Lipinski definition) is 1. The van der Waals surface area contributed by atoms with Crippen LogP contribution in [0, 0.1) is 5.92 Å². The maximum atomic E-state index is 6.12. The molecule has 3 heteroatoms. The fourth-order valence-corrected chi connectivity index (χ4v) is 3.30. The number of rotatable bonds is 2. The van der Waals surface area contributed by atoms with Crippen LogP contribution >= 0.6 is 0 Å². The summed E-state index contributed by atoms with van der Waals surface area (Å²) >= 11 is 0. The summed E-state index contributed by atoms with van der Waals surface area (Å²) in [6.07, 6.45) is 4.91. The molecular formula is C16H23NO2. The van der Waals surface area contributed by atoms with E-state index in [9.17, 15) is 0 Å². The quantitative estimate of drug-likeness (QED) is 0.890. The number of nitrogens with two attached hydrogens (primary N) is 1. The first-order valence-corrected chi connectivity index (χ1v) is 7.34. The number of ether oxygens (including phenoxy) is 2. The summed E-state index contributed by atoms with van der Waals surface area (Å²) in [4.78, 5) is 0. The Kier molecular flexibility index (Phi) is 3.40. The van der Waals surface area contributed by atoms with Crippen molar-refractivity contribution in [1.29, 1.82) is 0 Å². The zero-order valence-electron chi connectivity index (χ0n) is 11.7. The molecule has 1 fully saturated rings. The minimum absolute atomic E-state index is 0.141. The lowest BCUT2D eigenvalue weighted by molar-refractivity contribution is 0.170. The van der Waals surface area contributed by atoms with Gasteiger partial charge in [-0.3, -0.25) is 0 Å². The van der Waals surface area contributed by atoms with E-state index < -0.39 is 0 Å². The molecule has 0 aromatic heterocycles. The molecule has 2 N–H and O–H groups in total. The van der Waals surface area contributed by atoms with Crippen LogP contribution in [-0.2, 0) is 5.41 Å². The Bertz CT molecular complexity index is 450. The fraction of sp³-hybridized carbons (Fsp3) is 0.625. The third-order valence-electron chi connectivity index (χ3n) is 4.78. The Morgan fingerprint density at radius 2 is 1.84 bits per heavy atom. The van der Waals surface area contributed by atoms with E-state index in [1.54, 1.807) is 0 Å². The Balaban J connectivity index is 1.91. The second-order valence-corrected chi connectivity index (χ2v) is 6.03. The highest BCUT2D eigenvalue weighted by atomic mass is 16.6. The van der Waals surface area contributed by atoms with Gasteiger partial charge in [0.1, 0.15) is 13.2 Å². The molecule has 0 radical (unpaired) electrons. The molecule has 0 atom stereocenters. The SMILES string of the molecule is CC1CCC(CN)(c2ccc3c(c2)OCCO3)CC1. The molecule has 104 valence electrons. The minimum Gasteiger partial charge on any atom is -0.486 e. The molecule has 1 saturated carbocycles. The first-order chi connectivity index (χ1) is 9.23. The summed E-state index contributed by atoms with van der Waals surface area (Å²) in [7, 11) is 0. The molecule has 0 bridgehead atoms.